The zero-order valence-corrected chi connectivity index (χ0v) is 10.5. The lowest BCUT2D eigenvalue weighted by Crippen LogP contribution is -2.12. The number of anilines is 2. The second kappa shape index (κ2) is 7.37. The topological polar surface area (TPSA) is 96.1 Å². The Hall–Kier alpha value is -0.920. The molecule has 0 aliphatic carbocycles. The summed E-state index contributed by atoms with van der Waals surface area (Å²) in [5.74, 6) is 6.31. The van der Waals surface area contributed by atoms with Gasteiger partial charge < -0.3 is 10.4 Å². The van der Waals surface area contributed by atoms with Crippen molar-refractivity contribution in [3.63, 3.8) is 0 Å². The maximum atomic E-state index is 8.62. The Labute approximate surface area is 103 Å². The van der Waals surface area contributed by atoms with Crippen LogP contribution in [-0.4, -0.2) is 28.2 Å². The molecule has 1 aromatic heterocycles. The number of aromatic nitrogens is 2. The number of hydrazine groups is 1. The Morgan fingerprint density at radius 1 is 1.38 bits per heavy atom. The predicted octanol–water partition coefficient (Wildman–Crippen LogP) is 1.10. The fourth-order valence-electron chi connectivity index (χ4n) is 1.18. The highest BCUT2D eigenvalue weighted by Crippen LogP contribution is 2.19. The van der Waals surface area contributed by atoms with E-state index >= 15 is 0 Å². The van der Waals surface area contributed by atoms with Gasteiger partial charge in [-0.3, -0.25) is 5.43 Å². The van der Waals surface area contributed by atoms with Crippen molar-refractivity contribution < 1.29 is 5.11 Å². The van der Waals surface area contributed by atoms with Crippen LogP contribution in [0, 0.1) is 0 Å². The molecule has 0 fully saturated rings. The lowest BCUT2D eigenvalue weighted by molar-refractivity contribution is 0.283. The van der Waals surface area contributed by atoms with E-state index in [0.29, 0.717) is 11.8 Å². The van der Waals surface area contributed by atoms with Crippen LogP contribution in [0.4, 0.5) is 11.8 Å². The van der Waals surface area contributed by atoms with Crippen molar-refractivity contribution in [2.24, 2.45) is 5.84 Å². The first kappa shape index (κ1) is 13.1. The number of hydrogen-bond donors (Lipinski definition) is 4. The highest BCUT2D eigenvalue weighted by Gasteiger charge is 2.03. The number of nitrogens with two attached hydrogens (primary N) is 1. The van der Waals surface area contributed by atoms with E-state index in [2.05, 4.69) is 36.6 Å². The van der Waals surface area contributed by atoms with E-state index in [0.717, 1.165) is 30.3 Å². The number of nitrogens with zero attached hydrogens (tertiary/aromatic N) is 2. The highest BCUT2D eigenvalue weighted by atomic mass is 79.9. The third kappa shape index (κ3) is 4.30. The molecule has 0 aromatic carbocycles. The maximum Gasteiger partial charge on any atom is 0.239 e. The van der Waals surface area contributed by atoms with E-state index < -0.39 is 0 Å². The first-order valence-electron chi connectivity index (χ1n) is 5.12. The molecule has 0 spiro atoms. The van der Waals surface area contributed by atoms with Crippen LogP contribution in [0.3, 0.4) is 0 Å². The second-order valence-electron chi connectivity index (χ2n) is 3.25. The van der Waals surface area contributed by atoms with E-state index in [1.54, 1.807) is 6.20 Å². The first-order valence-corrected chi connectivity index (χ1v) is 5.91. The number of aliphatic hydroxyl groups is 1. The molecule has 90 valence electrons. The monoisotopic (exact) mass is 289 g/mol. The molecular formula is C9H16BrN5O. The molecule has 16 heavy (non-hydrogen) atoms. The summed E-state index contributed by atoms with van der Waals surface area (Å²) >= 11 is 3.35. The van der Waals surface area contributed by atoms with Crippen molar-refractivity contribution in [1.29, 1.82) is 0 Å². The Morgan fingerprint density at radius 3 is 2.88 bits per heavy atom. The fourth-order valence-corrected chi connectivity index (χ4v) is 1.51. The van der Waals surface area contributed by atoms with Crippen LogP contribution in [0.1, 0.15) is 19.3 Å². The second-order valence-corrected chi connectivity index (χ2v) is 4.10. The fraction of sp³-hybridized carbons (Fsp3) is 0.556. The van der Waals surface area contributed by atoms with Gasteiger partial charge in [0, 0.05) is 19.3 Å². The van der Waals surface area contributed by atoms with Crippen LogP contribution in [0.2, 0.25) is 0 Å². The number of rotatable bonds is 7. The summed E-state index contributed by atoms with van der Waals surface area (Å²) in [6.45, 7) is 1.05. The Balaban J connectivity index is 2.40. The average molecular weight is 290 g/mol. The summed E-state index contributed by atoms with van der Waals surface area (Å²) in [7, 11) is 0. The molecule has 0 amide bonds. The van der Waals surface area contributed by atoms with Crippen molar-refractivity contribution in [2.75, 3.05) is 23.9 Å². The molecule has 0 aliphatic rings. The van der Waals surface area contributed by atoms with Gasteiger partial charge in [0.05, 0.1) is 4.47 Å². The molecule has 0 saturated carbocycles. The minimum Gasteiger partial charge on any atom is -0.396 e. The molecule has 0 radical (unpaired) electrons. The van der Waals surface area contributed by atoms with Crippen LogP contribution >= 0.6 is 15.9 Å². The normalized spacial score (nSPS) is 10.2. The Bertz CT molecular complexity index is 323. The molecule has 1 heterocycles. The van der Waals surface area contributed by atoms with Crippen molar-refractivity contribution >= 4 is 27.7 Å². The smallest absolute Gasteiger partial charge is 0.239 e. The average Bonchev–Trinajstić information content (AvgIpc) is 2.31. The van der Waals surface area contributed by atoms with Gasteiger partial charge in [0.25, 0.3) is 0 Å². The van der Waals surface area contributed by atoms with Crippen LogP contribution in [-0.2, 0) is 0 Å². The number of nitrogen functional groups attached to an aromatic ring is 1. The van der Waals surface area contributed by atoms with Gasteiger partial charge in [-0.1, -0.05) is 0 Å². The van der Waals surface area contributed by atoms with Gasteiger partial charge in [-0.2, -0.15) is 4.98 Å². The summed E-state index contributed by atoms with van der Waals surface area (Å²) in [6.07, 6.45) is 4.46. The number of nitrogens with one attached hydrogen (secondary N) is 2. The summed E-state index contributed by atoms with van der Waals surface area (Å²) in [5.41, 5.74) is 2.39. The SMILES string of the molecule is NNc1ncc(Br)c(NCCCCCO)n1. The van der Waals surface area contributed by atoms with Crippen LogP contribution in [0.25, 0.3) is 0 Å². The number of aliphatic hydroxyl groups excluding tert-OH is 1. The zero-order chi connectivity index (χ0) is 11.8. The minimum absolute atomic E-state index is 0.248. The third-order valence-corrected chi connectivity index (χ3v) is 2.58. The Morgan fingerprint density at radius 2 is 2.19 bits per heavy atom. The zero-order valence-electron chi connectivity index (χ0n) is 8.91. The van der Waals surface area contributed by atoms with Gasteiger partial charge in [0.15, 0.2) is 0 Å². The van der Waals surface area contributed by atoms with Crippen molar-refractivity contribution in [1.82, 2.24) is 9.97 Å². The lowest BCUT2D eigenvalue weighted by atomic mass is 10.2. The van der Waals surface area contributed by atoms with Crippen molar-refractivity contribution in [3.8, 4) is 0 Å². The molecule has 0 atom stereocenters. The summed E-state index contributed by atoms with van der Waals surface area (Å²) in [4.78, 5) is 8.10. The van der Waals surface area contributed by atoms with E-state index in [1.807, 2.05) is 0 Å². The van der Waals surface area contributed by atoms with Gasteiger partial charge >= 0.3 is 0 Å². The predicted molar refractivity (Wildman–Crippen MR) is 67.0 cm³/mol. The molecular weight excluding hydrogens is 274 g/mol. The minimum atomic E-state index is 0.248. The molecule has 1 aromatic rings. The summed E-state index contributed by atoms with van der Waals surface area (Å²) in [5, 5.41) is 11.8. The summed E-state index contributed by atoms with van der Waals surface area (Å²) in [6, 6.07) is 0. The van der Waals surface area contributed by atoms with Gasteiger partial charge in [0.2, 0.25) is 5.95 Å². The van der Waals surface area contributed by atoms with Crippen LogP contribution in [0.5, 0.6) is 0 Å². The standard InChI is InChI=1S/C9H16BrN5O/c10-7-6-13-9(15-11)14-8(7)12-4-2-1-3-5-16/h6,16H,1-5,11H2,(H2,12,13,14,15). The van der Waals surface area contributed by atoms with Gasteiger partial charge in [-0.05, 0) is 35.2 Å². The number of hydrogen-bond acceptors (Lipinski definition) is 6. The Kier molecular flexibility index (Phi) is 6.05. The molecule has 0 saturated heterocycles. The van der Waals surface area contributed by atoms with Gasteiger partial charge in [-0.25, -0.2) is 10.8 Å². The van der Waals surface area contributed by atoms with Crippen LogP contribution < -0.4 is 16.6 Å². The maximum absolute atomic E-state index is 8.62. The third-order valence-electron chi connectivity index (χ3n) is 2.00. The molecule has 5 N–H and O–H groups in total. The van der Waals surface area contributed by atoms with Gasteiger partial charge in [-0.15, -0.1) is 0 Å². The van der Waals surface area contributed by atoms with Crippen molar-refractivity contribution in [2.45, 2.75) is 19.3 Å². The first-order chi connectivity index (χ1) is 7.77. The molecule has 0 aliphatic heterocycles. The molecule has 7 heteroatoms. The van der Waals surface area contributed by atoms with E-state index in [1.165, 1.54) is 0 Å². The molecule has 0 unspecified atom stereocenters. The van der Waals surface area contributed by atoms with E-state index in [9.17, 15) is 0 Å². The van der Waals surface area contributed by atoms with Gasteiger partial charge in [0.1, 0.15) is 5.82 Å². The number of halogens is 1. The van der Waals surface area contributed by atoms with E-state index in [-0.39, 0.29) is 6.61 Å². The van der Waals surface area contributed by atoms with Crippen molar-refractivity contribution in [3.05, 3.63) is 10.7 Å². The lowest BCUT2D eigenvalue weighted by Gasteiger charge is -2.08. The quantitative estimate of drug-likeness (QED) is 0.341. The highest BCUT2D eigenvalue weighted by molar-refractivity contribution is 9.10. The van der Waals surface area contributed by atoms with Crippen LogP contribution in [0.15, 0.2) is 10.7 Å². The molecule has 6 nitrogen and oxygen atoms in total. The van der Waals surface area contributed by atoms with E-state index in [4.69, 9.17) is 10.9 Å². The largest absolute Gasteiger partial charge is 0.396 e. The molecule has 0 bridgehead atoms. The summed E-state index contributed by atoms with van der Waals surface area (Å²) < 4.78 is 0.800. The number of unbranched alkanes of at least 4 members (excludes halogenated alkanes) is 2. The molecule has 1 rings (SSSR count).